The molecule has 6 heteroatoms. The molecule has 16 heavy (non-hydrogen) atoms. The van der Waals surface area contributed by atoms with E-state index in [0.29, 0.717) is 17.2 Å². The number of fused-ring (bicyclic) bond motifs is 1. The van der Waals surface area contributed by atoms with Crippen molar-refractivity contribution in [1.29, 1.82) is 0 Å². The van der Waals surface area contributed by atoms with E-state index in [0.717, 1.165) is 5.52 Å². The third kappa shape index (κ3) is 1.28. The fraction of sp³-hybridized carbons (Fsp3) is 0. The molecule has 0 spiro atoms. The number of nitrogens with zero attached hydrogens (tertiary/aromatic N) is 3. The number of imidazole rings is 1. The van der Waals surface area contributed by atoms with Gasteiger partial charge in [-0.1, -0.05) is 0 Å². The molecule has 0 amide bonds. The molecule has 1 N–H and O–H groups in total. The molecule has 78 valence electrons. The number of aromatic amines is 1. The normalized spacial score (nSPS) is 10.8. The maximum absolute atomic E-state index is 10.3. The lowest BCUT2D eigenvalue weighted by Crippen LogP contribution is -1.76. The van der Waals surface area contributed by atoms with Crippen LogP contribution in [0.3, 0.4) is 0 Å². The first-order valence-electron chi connectivity index (χ1n) is 4.61. The predicted octanol–water partition coefficient (Wildman–Crippen LogP) is 2.62. The quantitative estimate of drug-likeness (QED) is 0.664. The van der Waals surface area contributed by atoms with Gasteiger partial charge in [-0.25, -0.2) is 9.97 Å². The van der Waals surface area contributed by atoms with Crippen molar-refractivity contribution in [3.8, 4) is 11.6 Å². The Morgan fingerprint density at radius 1 is 1.25 bits per heavy atom. The lowest BCUT2D eigenvalue weighted by Gasteiger charge is -1.86. The highest BCUT2D eigenvalue weighted by Crippen LogP contribution is 2.21. The van der Waals surface area contributed by atoms with Crippen LogP contribution in [0.25, 0.3) is 22.7 Å². The van der Waals surface area contributed by atoms with Crippen molar-refractivity contribution in [3.05, 3.63) is 35.4 Å². The van der Waals surface area contributed by atoms with Gasteiger partial charge < -0.3 is 9.40 Å². The van der Waals surface area contributed by atoms with Gasteiger partial charge in [-0.2, -0.15) is 0 Å². The Morgan fingerprint density at radius 3 is 2.94 bits per heavy atom. The predicted molar refractivity (Wildman–Crippen MR) is 57.0 cm³/mol. The minimum atomic E-state index is 0.116. The maximum atomic E-state index is 10.3. The van der Waals surface area contributed by atoms with Crippen molar-refractivity contribution >= 4 is 17.0 Å². The third-order valence-corrected chi connectivity index (χ3v) is 2.18. The van der Waals surface area contributed by atoms with Crippen molar-refractivity contribution < 1.29 is 4.42 Å². The van der Waals surface area contributed by atoms with Crippen LogP contribution in [0.2, 0.25) is 0 Å². The second-order valence-electron chi connectivity index (χ2n) is 3.19. The zero-order chi connectivity index (χ0) is 11.0. The largest absolute Gasteiger partial charge is 0.461 e. The Balaban J connectivity index is 2.19. The number of nitroso groups, excluding NO2 is 1. The molecule has 0 atom stereocenters. The Hall–Kier alpha value is -2.50. The zero-order valence-electron chi connectivity index (χ0n) is 8.04. The van der Waals surface area contributed by atoms with Gasteiger partial charge in [0.25, 0.3) is 0 Å². The average molecular weight is 214 g/mol. The smallest absolute Gasteiger partial charge is 0.198 e. The standard InChI is InChI=1S/C10H6N4O2/c15-14-8-4-3-6-9(12-8)13-10(11-6)7-2-1-5-16-7/h1-5H,(H,11,12,13). The Bertz CT molecular complexity index is 642. The molecule has 0 unspecified atom stereocenters. The summed E-state index contributed by atoms with van der Waals surface area (Å²) >= 11 is 0. The number of hydrogen-bond donors (Lipinski definition) is 1. The average Bonchev–Trinajstić information content (AvgIpc) is 2.96. The van der Waals surface area contributed by atoms with E-state index in [4.69, 9.17) is 4.42 Å². The Morgan fingerprint density at radius 2 is 2.19 bits per heavy atom. The van der Waals surface area contributed by atoms with Crippen LogP contribution in [0.1, 0.15) is 0 Å². The molecule has 0 fully saturated rings. The van der Waals surface area contributed by atoms with Gasteiger partial charge in [0.05, 0.1) is 11.8 Å². The van der Waals surface area contributed by atoms with E-state index in [9.17, 15) is 4.91 Å². The van der Waals surface area contributed by atoms with Gasteiger partial charge in [-0.15, -0.1) is 4.91 Å². The topological polar surface area (TPSA) is 84.1 Å². The minimum Gasteiger partial charge on any atom is -0.461 e. The van der Waals surface area contributed by atoms with Gasteiger partial charge in [0, 0.05) is 0 Å². The van der Waals surface area contributed by atoms with Crippen LogP contribution in [0.5, 0.6) is 0 Å². The molecular weight excluding hydrogens is 208 g/mol. The lowest BCUT2D eigenvalue weighted by atomic mass is 10.4. The summed E-state index contributed by atoms with van der Waals surface area (Å²) in [6, 6.07) is 6.79. The molecule has 3 aromatic heterocycles. The van der Waals surface area contributed by atoms with Crippen molar-refractivity contribution in [3.63, 3.8) is 0 Å². The molecule has 0 aromatic carbocycles. The SMILES string of the molecule is O=Nc1ccc2[nH]c(-c3ccco3)nc2n1. The van der Waals surface area contributed by atoms with E-state index in [2.05, 4.69) is 20.1 Å². The monoisotopic (exact) mass is 214 g/mol. The summed E-state index contributed by atoms with van der Waals surface area (Å²) in [4.78, 5) is 21.5. The fourth-order valence-corrected chi connectivity index (χ4v) is 1.46. The summed E-state index contributed by atoms with van der Waals surface area (Å²) in [5, 5.41) is 2.75. The number of furan rings is 1. The van der Waals surface area contributed by atoms with Crippen molar-refractivity contribution in [2.45, 2.75) is 0 Å². The van der Waals surface area contributed by atoms with E-state index < -0.39 is 0 Å². The zero-order valence-corrected chi connectivity index (χ0v) is 8.04. The molecule has 0 saturated heterocycles. The van der Waals surface area contributed by atoms with Crippen molar-refractivity contribution in [2.75, 3.05) is 0 Å². The highest BCUT2D eigenvalue weighted by molar-refractivity contribution is 5.76. The number of hydrogen-bond acceptors (Lipinski definition) is 5. The molecular formula is C10H6N4O2. The summed E-state index contributed by atoms with van der Waals surface area (Å²) in [7, 11) is 0. The number of rotatable bonds is 2. The van der Waals surface area contributed by atoms with Crippen LogP contribution in [-0.2, 0) is 0 Å². The first-order valence-corrected chi connectivity index (χ1v) is 4.61. The van der Waals surface area contributed by atoms with E-state index in [1.165, 1.54) is 6.07 Å². The van der Waals surface area contributed by atoms with Gasteiger partial charge in [0.1, 0.15) is 0 Å². The Labute approximate surface area is 89.3 Å². The van der Waals surface area contributed by atoms with Crippen LogP contribution >= 0.6 is 0 Å². The summed E-state index contributed by atoms with van der Waals surface area (Å²) in [5.74, 6) is 1.32. The maximum Gasteiger partial charge on any atom is 0.198 e. The van der Waals surface area contributed by atoms with E-state index in [1.807, 2.05) is 0 Å². The molecule has 0 aliphatic carbocycles. The van der Waals surface area contributed by atoms with Crippen LogP contribution in [0, 0.1) is 4.91 Å². The van der Waals surface area contributed by atoms with Crippen molar-refractivity contribution in [1.82, 2.24) is 15.0 Å². The van der Waals surface area contributed by atoms with Gasteiger partial charge >= 0.3 is 0 Å². The molecule has 3 heterocycles. The second-order valence-corrected chi connectivity index (χ2v) is 3.19. The first kappa shape index (κ1) is 8.78. The number of pyridine rings is 1. The van der Waals surface area contributed by atoms with Crippen molar-refractivity contribution in [2.24, 2.45) is 5.18 Å². The molecule has 3 aromatic rings. The molecule has 0 aliphatic rings. The van der Waals surface area contributed by atoms with Gasteiger partial charge in [0.2, 0.25) is 0 Å². The molecule has 0 saturated carbocycles. The highest BCUT2D eigenvalue weighted by Gasteiger charge is 2.08. The molecule has 0 radical (unpaired) electrons. The van der Waals surface area contributed by atoms with Gasteiger partial charge in [-0.3, -0.25) is 0 Å². The molecule has 6 nitrogen and oxygen atoms in total. The molecule has 0 aliphatic heterocycles. The van der Waals surface area contributed by atoms with Crippen LogP contribution in [0.4, 0.5) is 5.82 Å². The van der Waals surface area contributed by atoms with E-state index in [-0.39, 0.29) is 5.82 Å². The third-order valence-electron chi connectivity index (χ3n) is 2.18. The summed E-state index contributed by atoms with van der Waals surface area (Å²) in [6.45, 7) is 0. The highest BCUT2D eigenvalue weighted by atomic mass is 16.3. The number of nitrogens with one attached hydrogen (secondary N) is 1. The number of aromatic nitrogens is 3. The molecule has 3 rings (SSSR count). The number of H-pyrrole nitrogens is 1. The minimum absolute atomic E-state index is 0.116. The van der Waals surface area contributed by atoms with Crippen LogP contribution < -0.4 is 0 Å². The summed E-state index contributed by atoms with van der Waals surface area (Å²) < 4.78 is 5.20. The second kappa shape index (κ2) is 3.27. The summed E-state index contributed by atoms with van der Waals surface area (Å²) in [6.07, 6.45) is 1.56. The van der Waals surface area contributed by atoms with Gasteiger partial charge in [0.15, 0.2) is 23.0 Å². The lowest BCUT2D eigenvalue weighted by molar-refractivity contribution is 0.578. The van der Waals surface area contributed by atoms with Crippen LogP contribution in [-0.4, -0.2) is 15.0 Å². The molecule has 0 bridgehead atoms. The first-order chi connectivity index (χ1) is 7.86. The fourth-order valence-electron chi connectivity index (χ4n) is 1.46. The van der Waals surface area contributed by atoms with Gasteiger partial charge in [-0.05, 0) is 29.4 Å². The van der Waals surface area contributed by atoms with Crippen LogP contribution in [0.15, 0.2) is 40.1 Å². The van der Waals surface area contributed by atoms with E-state index >= 15 is 0 Å². The Kier molecular flexibility index (Phi) is 1.79. The summed E-state index contributed by atoms with van der Waals surface area (Å²) in [5.41, 5.74) is 1.18. The van der Waals surface area contributed by atoms with E-state index in [1.54, 1.807) is 24.5 Å².